The van der Waals surface area contributed by atoms with E-state index in [9.17, 15) is 13.2 Å². The second kappa shape index (κ2) is 5.90. The summed E-state index contributed by atoms with van der Waals surface area (Å²) in [5.41, 5.74) is 0. The number of nitrogens with one attached hydrogen (secondary N) is 1. The lowest BCUT2D eigenvalue weighted by Crippen LogP contribution is -2.20. The van der Waals surface area contributed by atoms with Gasteiger partial charge in [-0.1, -0.05) is 18.5 Å². The van der Waals surface area contributed by atoms with Crippen LogP contribution in [0.2, 0.25) is 5.02 Å². The van der Waals surface area contributed by atoms with Crippen LogP contribution in [0.15, 0.2) is 6.20 Å². The van der Waals surface area contributed by atoms with Crippen molar-refractivity contribution in [3.63, 3.8) is 0 Å². The molecule has 0 atom stereocenters. The van der Waals surface area contributed by atoms with Gasteiger partial charge >= 0.3 is 6.18 Å². The third kappa shape index (κ3) is 5.08. The summed E-state index contributed by atoms with van der Waals surface area (Å²) < 4.78 is 40.3. The van der Waals surface area contributed by atoms with Crippen LogP contribution in [0.5, 0.6) is 5.88 Å². The van der Waals surface area contributed by atoms with Crippen molar-refractivity contribution in [1.82, 2.24) is 9.97 Å². The predicted octanol–water partition coefficient (Wildman–Crippen LogP) is 2.89. The van der Waals surface area contributed by atoms with E-state index in [2.05, 4.69) is 20.0 Å². The number of anilines is 1. The van der Waals surface area contributed by atoms with Crippen LogP contribution in [0.1, 0.15) is 13.3 Å². The molecule has 8 heteroatoms. The minimum Gasteiger partial charge on any atom is -0.467 e. The summed E-state index contributed by atoms with van der Waals surface area (Å²) in [5.74, 6) is -0.0916. The Morgan fingerprint density at radius 3 is 2.76 bits per heavy atom. The van der Waals surface area contributed by atoms with Gasteiger partial charge in [-0.05, 0) is 6.42 Å². The van der Waals surface area contributed by atoms with Gasteiger partial charge in [0.05, 0.1) is 6.20 Å². The van der Waals surface area contributed by atoms with E-state index < -0.39 is 12.8 Å². The third-order valence-electron chi connectivity index (χ3n) is 1.62. The highest BCUT2D eigenvalue weighted by Gasteiger charge is 2.29. The van der Waals surface area contributed by atoms with Crippen LogP contribution in [0.4, 0.5) is 19.1 Å². The molecule has 4 nitrogen and oxygen atoms in total. The van der Waals surface area contributed by atoms with E-state index in [1.807, 2.05) is 6.92 Å². The molecule has 0 radical (unpaired) electrons. The van der Waals surface area contributed by atoms with E-state index in [4.69, 9.17) is 11.6 Å². The maximum atomic E-state index is 11.9. The average Bonchev–Trinajstić information content (AvgIpc) is 2.25. The van der Waals surface area contributed by atoms with E-state index in [1.165, 1.54) is 6.20 Å². The number of nitrogens with zero attached hydrogens (tertiary/aromatic N) is 2. The molecule has 1 heterocycles. The number of halogens is 4. The maximum absolute atomic E-state index is 11.9. The van der Waals surface area contributed by atoms with Crippen LogP contribution in [-0.4, -0.2) is 29.3 Å². The van der Waals surface area contributed by atoms with Gasteiger partial charge in [0.25, 0.3) is 0 Å². The molecule has 1 rings (SSSR count). The molecule has 17 heavy (non-hydrogen) atoms. The zero-order valence-corrected chi connectivity index (χ0v) is 9.77. The fraction of sp³-hybridized carbons (Fsp3) is 0.556. The molecule has 0 unspecified atom stereocenters. The molecule has 0 bridgehead atoms. The highest BCUT2D eigenvalue weighted by Crippen LogP contribution is 2.24. The van der Waals surface area contributed by atoms with Crippen molar-refractivity contribution < 1.29 is 17.9 Å². The zero-order chi connectivity index (χ0) is 12.9. The summed E-state index contributed by atoms with van der Waals surface area (Å²) >= 11 is 5.61. The normalized spacial score (nSPS) is 11.4. The zero-order valence-electron chi connectivity index (χ0n) is 9.01. The smallest absolute Gasteiger partial charge is 0.422 e. The second-order valence-electron chi connectivity index (χ2n) is 3.18. The van der Waals surface area contributed by atoms with E-state index in [1.54, 1.807) is 0 Å². The molecule has 0 aliphatic rings. The van der Waals surface area contributed by atoms with Crippen LogP contribution in [0, 0.1) is 0 Å². The van der Waals surface area contributed by atoms with Gasteiger partial charge in [-0.25, -0.2) is 4.98 Å². The SMILES string of the molecule is CCCNc1ncc(Cl)c(OCC(F)(F)F)n1. The standard InChI is InChI=1S/C9H11ClF3N3O/c1-2-3-14-8-15-4-6(10)7(16-8)17-5-9(11,12)13/h4H,2-3,5H2,1H3,(H,14,15,16). The molecule has 1 N–H and O–H groups in total. The van der Waals surface area contributed by atoms with Crippen molar-refractivity contribution in [2.24, 2.45) is 0 Å². The van der Waals surface area contributed by atoms with Gasteiger partial charge < -0.3 is 10.1 Å². The second-order valence-corrected chi connectivity index (χ2v) is 3.58. The Hall–Kier alpha value is -1.24. The molecule has 1 aromatic rings. The molecule has 0 amide bonds. The Kier molecular flexibility index (Phi) is 4.80. The monoisotopic (exact) mass is 269 g/mol. The lowest BCUT2D eigenvalue weighted by atomic mass is 10.5. The summed E-state index contributed by atoms with van der Waals surface area (Å²) in [6.45, 7) is 1.11. The minimum absolute atomic E-state index is 0.0590. The van der Waals surface area contributed by atoms with Crippen molar-refractivity contribution in [3.8, 4) is 5.88 Å². The van der Waals surface area contributed by atoms with Gasteiger partial charge in [0.15, 0.2) is 6.61 Å². The Morgan fingerprint density at radius 1 is 1.47 bits per heavy atom. The largest absolute Gasteiger partial charge is 0.467 e. The van der Waals surface area contributed by atoms with Crippen molar-refractivity contribution in [1.29, 1.82) is 0 Å². The van der Waals surface area contributed by atoms with E-state index in [0.29, 0.717) is 6.54 Å². The lowest BCUT2D eigenvalue weighted by molar-refractivity contribution is -0.154. The quantitative estimate of drug-likeness (QED) is 0.893. The molecule has 96 valence electrons. The third-order valence-corrected chi connectivity index (χ3v) is 1.88. The summed E-state index contributed by atoms with van der Waals surface area (Å²) in [6.07, 6.45) is -2.39. The first-order valence-electron chi connectivity index (χ1n) is 4.88. The van der Waals surface area contributed by atoms with Gasteiger partial charge in [-0.15, -0.1) is 0 Å². The number of hydrogen-bond donors (Lipinski definition) is 1. The molecule has 0 spiro atoms. The molecule has 0 aromatic carbocycles. The molecule has 0 saturated carbocycles. The molecule has 0 aliphatic carbocycles. The number of alkyl halides is 3. The summed E-state index contributed by atoms with van der Waals surface area (Å²) in [7, 11) is 0. The lowest BCUT2D eigenvalue weighted by Gasteiger charge is -2.10. The summed E-state index contributed by atoms with van der Waals surface area (Å²) in [6, 6.07) is 0. The summed E-state index contributed by atoms with van der Waals surface area (Å²) in [5, 5.41) is 2.76. The highest BCUT2D eigenvalue weighted by molar-refractivity contribution is 6.31. The molecular formula is C9H11ClF3N3O. The van der Waals surface area contributed by atoms with Crippen LogP contribution >= 0.6 is 11.6 Å². The molecule has 0 fully saturated rings. The van der Waals surface area contributed by atoms with Crippen LogP contribution in [0.25, 0.3) is 0 Å². The first kappa shape index (κ1) is 13.8. The van der Waals surface area contributed by atoms with Gasteiger partial charge in [0, 0.05) is 6.54 Å². The number of ether oxygens (including phenoxy) is 1. The molecular weight excluding hydrogens is 259 g/mol. The first-order valence-corrected chi connectivity index (χ1v) is 5.26. The Labute approximate surface area is 101 Å². The molecule has 0 aliphatic heterocycles. The fourth-order valence-corrected chi connectivity index (χ4v) is 1.07. The Balaban J connectivity index is 2.69. The van der Waals surface area contributed by atoms with Crippen LogP contribution in [-0.2, 0) is 0 Å². The van der Waals surface area contributed by atoms with E-state index >= 15 is 0 Å². The molecule has 0 saturated heterocycles. The fourth-order valence-electron chi connectivity index (χ4n) is 0.925. The Bertz CT molecular complexity index is 373. The van der Waals surface area contributed by atoms with Gasteiger partial charge in [-0.3, -0.25) is 0 Å². The van der Waals surface area contributed by atoms with Gasteiger partial charge in [0.1, 0.15) is 5.02 Å². The minimum atomic E-state index is -4.43. The van der Waals surface area contributed by atoms with E-state index in [0.717, 1.165) is 6.42 Å². The van der Waals surface area contributed by atoms with Crippen LogP contribution in [0.3, 0.4) is 0 Å². The van der Waals surface area contributed by atoms with Crippen molar-refractivity contribution in [2.45, 2.75) is 19.5 Å². The number of rotatable bonds is 5. The molecule has 1 aromatic heterocycles. The average molecular weight is 270 g/mol. The van der Waals surface area contributed by atoms with Crippen molar-refractivity contribution in [3.05, 3.63) is 11.2 Å². The van der Waals surface area contributed by atoms with Crippen LogP contribution < -0.4 is 10.1 Å². The maximum Gasteiger partial charge on any atom is 0.422 e. The summed E-state index contributed by atoms with van der Waals surface area (Å²) in [4.78, 5) is 7.54. The first-order chi connectivity index (χ1) is 7.92. The van der Waals surface area contributed by atoms with Gasteiger partial charge in [0.2, 0.25) is 11.8 Å². The van der Waals surface area contributed by atoms with Gasteiger partial charge in [-0.2, -0.15) is 18.2 Å². The number of hydrogen-bond acceptors (Lipinski definition) is 4. The van der Waals surface area contributed by atoms with E-state index in [-0.39, 0.29) is 16.9 Å². The van der Waals surface area contributed by atoms with Crippen molar-refractivity contribution in [2.75, 3.05) is 18.5 Å². The predicted molar refractivity (Wildman–Crippen MR) is 57.4 cm³/mol. The highest BCUT2D eigenvalue weighted by atomic mass is 35.5. The number of aromatic nitrogens is 2. The Morgan fingerprint density at radius 2 is 2.18 bits per heavy atom. The topological polar surface area (TPSA) is 47.0 Å². The van der Waals surface area contributed by atoms with Crippen molar-refractivity contribution >= 4 is 17.5 Å².